The van der Waals surface area contributed by atoms with E-state index in [1.165, 1.54) is 0 Å². The second-order valence-electron chi connectivity index (χ2n) is 4.40. The first-order chi connectivity index (χ1) is 9.78. The van der Waals surface area contributed by atoms with Crippen molar-refractivity contribution in [3.8, 4) is 0 Å². The van der Waals surface area contributed by atoms with Gasteiger partial charge in [0.05, 0.1) is 24.1 Å². The molecular weight excluding hydrogens is 252 g/mol. The average Bonchev–Trinajstić information content (AvgIpc) is 2.48. The van der Waals surface area contributed by atoms with E-state index in [9.17, 15) is 4.79 Å². The summed E-state index contributed by atoms with van der Waals surface area (Å²) in [5.74, 6) is 0.771. The summed E-state index contributed by atoms with van der Waals surface area (Å²) in [6, 6.07) is 9.46. The van der Waals surface area contributed by atoms with Crippen LogP contribution in [0.3, 0.4) is 0 Å². The van der Waals surface area contributed by atoms with E-state index in [1.54, 1.807) is 12.4 Å². The zero-order chi connectivity index (χ0) is 14.2. The van der Waals surface area contributed by atoms with Gasteiger partial charge in [0, 0.05) is 12.6 Å². The summed E-state index contributed by atoms with van der Waals surface area (Å²) in [6.45, 7) is 2.60. The van der Waals surface area contributed by atoms with Gasteiger partial charge in [-0.25, -0.2) is 4.98 Å². The molecule has 0 saturated heterocycles. The minimum Gasteiger partial charge on any atom is -0.364 e. The van der Waals surface area contributed by atoms with Crippen molar-refractivity contribution in [3.05, 3.63) is 48.4 Å². The van der Waals surface area contributed by atoms with Gasteiger partial charge in [-0.15, -0.1) is 0 Å². The summed E-state index contributed by atoms with van der Waals surface area (Å²) in [5, 5.41) is 5.98. The zero-order valence-electron chi connectivity index (χ0n) is 11.5. The van der Waals surface area contributed by atoms with Gasteiger partial charge in [-0.3, -0.25) is 9.78 Å². The number of hydrogen-bond donors (Lipinski definition) is 2. The molecular formula is C15H18N4O. The predicted octanol–water partition coefficient (Wildman–Crippen LogP) is 2.83. The van der Waals surface area contributed by atoms with Gasteiger partial charge in [0.25, 0.3) is 0 Å². The molecule has 0 aliphatic rings. The molecule has 0 aliphatic heterocycles. The topological polar surface area (TPSA) is 66.9 Å². The van der Waals surface area contributed by atoms with Crippen molar-refractivity contribution in [1.29, 1.82) is 0 Å². The van der Waals surface area contributed by atoms with Crippen molar-refractivity contribution in [2.75, 3.05) is 10.6 Å². The Morgan fingerprint density at radius 1 is 1.20 bits per heavy atom. The maximum Gasteiger partial charge on any atom is 0.224 e. The van der Waals surface area contributed by atoms with Gasteiger partial charge in [0.2, 0.25) is 5.91 Å². The Morgan fingerprint density at radius 3 is 2.75 bits per heavy atom. The Morgan fingerprint density at radius 2 is 2.10 bits per heavy atom. The largest absolute Gasteiger partial charge is 0.364 e. The molecule has 0 aromatic carbocycles. The third-order valence-corrected chi connectivity index (χ3v) is 2.70. The molecule has 0 spiro atoms. The fraction of sp³-hybridized carbons (Fsp3) is 0.267. The highest BCUT2D eigenvalue weighted by Crippen LogP contribution is 2.11. The van der Waals surface area contributed by atoms with Crippen LogP contribution in [0.2, 0.25) is 0 Å². The summed E-state index contributed by atoms with van der Waals surface area (Å²) in [5.41, 5.74) is 1.67. The summed E-state index contributed by atoms with van der Waals surface area (Å²) in [4.78, 5) is 19.9. The van der Waals surface area contributed by atoms with E-state index in [-0.39, 0.29) is 5.91 Å². The summed E-state index contributed by atoms with van der Waals surface area (Å²) in [6.07, 6.45) is 4.77. The predicted molar refractivity (Wildman–Crippen MR) is 79.3 cm³/mol. The first-order valence-electron chi connectivity index (χ1n) is 6.67. The molecule has 0 aliphatic carbocycles. The molecule has 5 nitrogen and oxygen atoms in total. The van der Waals surface area contributed by atoms with Crippen LogP contribution in [0.25, 0.3) is 0 Å². The van der Waals surface area contributed by atoms with Crippen LogP contribution in [0.4, 0.5) is 11.5 Å². The third kappa shape index (κ3) is 4.35. The number of amides is 1. The Kier molecular flexibility index (Phi) is 5.06. The second-order valence-corrected chi connectivity index (χ2v) is 4.40. The molecule has 0 fully saturated rings. The van der Waals surface area contributed by atoms with Gasteiger partial charge < -0.3 is 10.6 Å². The number of anilines is 2. The maximum absolute atomic E-state index is 11.4. The Hall–Kier alpha value is -2.43. The molecule has 2 rings (SSSR count). The standard InChI is InChI=1S/C15H18N4O/c1-2-5-15(20)19-13-7-8-14(18-11-13)17-10-12-6-3-4-9-16-12/h3-4,6-9,11H,2,5,10H2,1H3,(H,17,18)(H,19,20). The van der Waals surface area contributed by atoms with Crippen LogP contribution in [-0.2, 0) is 11.3 Å². The average molecular weight is 270 g/mol. The van der Waals surface area contributed by atoms with E-state index in [4.69, 9.17) is 0 Å². The van der Waals surface area contributed by atoms with E-state index in [0.717, 1.165) is 17.9 Å². The van der Waals surface area contributed by atoms with Crippen LogP contribution in [0.15, 0.2) is 42.7 Å². The highest BCUT2D eigenvalue weighted by molar-refractivity contribution is 5.90. The number of hydrogen-bond acceptors (Lipinski definition) is 4. The Labute approximate surface area is 118 Å². The molecule has 2 aromatic rings. The molecule has 20 heavy (non-hydrogen) atoms. The first-order valence-corrected chi connectivity index (χ1v) is 6.67. The monoisotopic (exact) mass is 270 g/mol. The highest BCUT2D eigenvalue weighted by Gasteiger charge is 2.01. The molecule has 2 N–H and O–H groups in total. The molecule has 5 heteroatoms. The van der Waals surface area contributed by atoms with E-state index in [1.807, 2.05) is 37.3 Å². The summed E-state index contributed by atoms with van der Waals surface area (Å²) >= 11 is 0. The van der Waals surface area contributed by atoms with Crippen molar-refractivity contribution in [2.45, 2.75) is 26.3 Å². The van der Waals surface area contributed by atoms with Gasteiger partial charge in [0.1, 0.15) is 5.82 Å². The van der Waals surface area contributed by atoms with Gasteiger partial charge >= 0.3 is 0 Å². The van der Waals surface area contributed by atoms with Gasteiger partial charge in [-0.05, 0) is 30.7 Å². The fourth-order valence-corrected chi connectivity index (χ4v) is 1.71. The van der Waals surface area contributed by atoms with Crippen molar-refractivity contribution in [3.63, 3.8) is 0 Å². The summed E-state index contributed by atoms with van der Waals surface area (Å²) < 4.78 is 0. The van der Waals surface area contributed by atoms with E-state index in [2.05, 4.69) is 20.6 Å². The number of nitrogens with zero attached hydrogens (tertiary/aromatic N) is 2. The third-order valence-electron chi connectivity index (χ3n) is 2.70. The van der Waals surface area contributed by atoms with Crippen LogP contribution < -0.4 is 10.6 Å². The van der Waals surface area contributed by atoms with Crippen LogP contribution in [0.1, 0.15) is 25.5 Å². The molecule has 0 atom stereocenters. The molecule has 0 bridgehead atoms. The molecule has 0 unspecified atom stereocenters. The number of carbonyl (C=O) groups is 1. The van der Waals surface area contributed by atoms with Gasteiger partial charge in [-0.1, -0.05) is 13.0 Å². The smallest absolute Gasteiger partial charge is 0.224 e. The van der Waals surface area contributed by atoms with Gasteiger partial charge in [-0.2, -0.15) is 0 Å². The molecule has 1 amide bonds. The fourth-order valence-electron chi connectivity index (χ4n) is 1.71. The maximum atomic E-state index is 11.4. The van der Waals surface area contributed by atoms with Crippen molar-refractivity contribution in [1.82, 2.24) is 9.97 Å². The number of nitrogens with one attached hydrogen (secondary N) is 2. The molecule has 2 aromatic heterocycles. The molecule has 2 heterocycles. The van der Waals surface area contributed by atoms with Gasteiger partial charge in [0.15, 0.2) is 0 Å². The lowest BCUT2D eigenvalue weighted by Gasteiger charge is -2.07. The lowest BCUT2D eigenvalue weighted by Crippen LogP contribution is -2.11. The second kappa shape index (κ2) is 7.23. The van der Waals surface area contributed by atoms with Crippen molar-refractivity contribution in [2.24, 2.45) is 0 Å². The lowest BCUT2D eigenvalue weighted by molar-refractivity contribution is -0.116. The minimum atomic E-state index is 0.0171. The number of carbonyl (C=O) groups excluding carboxylic acids is 1. The Balaban J connectivity index is 1.87. The van der Waals surface area contributed by atoms with Crippen LogP contribution >= 0.6 is 0 Å². The molecule has 104 valence electrons. The highest BCUT2D eigenvalue weighted by atomic mass is 16.1. The first kappa shape index (κ1) is 14.0. The number of aromatic nitrogens is 2. The molecule has 0 radical (unpaired) electrons. The van der Waals surface area contributed by atoms with Crippen molar-refractivity contribution < 1.29 is 4.79 Å². The van der Waals surface area contributed by atoms with E-state index < -0.39 is 0 Å². The zero-order valence-corrected chi connectivity index (χ0v) is 11.5. The van der Waals surface area contributed by atoms with Crippen LogP contribution in [0, 0.1) is 0 Å². The van der Waals surface area contributed by atoms with Crippen molar-refractivity contribution >= 4 is 17.4 Å². The van der Waals surface area contributed by atoms with Crippen LogP contribution in [-0.4, -0.2) is 15.9 Å². The SMILES string of the molecule is CCCC(=O)Nc1ccc(NCc2ccccn2)nc1. The van der Waals surface area contributed by atoms with Crippen LogP contribution in [0.5, 0.6) is 0 Å². The molecule has 0 saturated carbocycles. The lowest BCUT2D eigenvalue weighted by atomic mass is 10.3. The number of rotatable bonds is 6. The number of pyridine rings is 2. The normalized spacial score (nSPS) is 10.1. The minimum absolute atomic E-state index is 0.0171. The van der Waals surface area contributed by atoms with E-state index >= 15 is 0 Å². The van der Waals surface area contributed by atoms with E-state index in [0.29, 0.717) is 18.7 Å². The quantitative estimate of drug-likeness (QED) is 0.847. The summed E-state index contributed by atoms with van der Waals surface area (Å²) in [7, 11) is 0. The Bertz CT molecular complexity index is 540.